The summed E-state index contributed by atoms with van der Waals surface area (Å²) in [7, 11) is 0. The molecule has 3 rings (SSSR count). The number of halogens is 2. The lowest BCUT2D eigenvalue weighted by molar-refractivity contribution is 0.123. The van der Waals surface area contributed by atoms with Crippen molar-refractivity contribution in [1.82, 2.24) is 9.88 Å². The highest BCUT2D eigenvalue weighted by atomic mass is 19.1. The number of likely N-dealkylation sites (tertiary alicyclic amines) is 1. The summed E-state index contributed by atoms with van der Waals surface area (Å²) in [5.41, 5.74) is 1.58. The van der Waals surface area contributed by atoms with E-state index in [1.54, 1.807) is 6.92 Å². The zero-order valence-corrected chi connectivity index (χ0v) is 13.9. The molecule has 0 aliphatic carbocycles. The molecule has 4 nitrogen and oxygen atoms in total. The molecule has 130 valence electrons. The Hall–Kier alpha value is -1.79. The van der Waals surface area contributed by atoms with Crippen LogP contribution in [0.4, 0.5) is 14.5 Å². The maximum atomic E-state index is 13.9. The topological polar surface area (TPSA) is 48.4 Å². The summed E-state index contributed by atoms with van der Waals surface area (Å²) in [5, 5.41) is 13.0. The number of benzene rings is 1. The Kier molecular flexibility index (Phi) is 5.26. The third-order valence-corrected chi connectivity index (χ3v) is 4.56. The molecule has 1 unspecified atom stereocenters. The minimum atomic E-state index is -0.640. The lowest BCUT2D eigenvalue weighted by Gasteiger charge is -2.31. The number of piperidine rings is 1. The monoisotopic (exact) mass is 335 g/mol. The lowest BCUT2D eigenvalue weighted by atomic mass is 9.99. The summed E-state index contributed by atoms with van der Waals surface area (Å²) in [4.78, 5) is 6.49. The highest BCUT2D eigenvalue weighted by Crippen LogP contribution is 2.26. The van der Waals surface area contributed by atoms with Crippen LogP contribution in [0.3, 0.4) is 0 Å². The fraction of sp³-hybridized carbons (Fsp3) is 0.500. The van der Waals surface area contributed by atoms with Crippen LogP contribution in [0.15, 0.2) is 18.2 Å². The molecule has 2 aromatic rings. The molecule has 6 heteroatoms. The Bertz CT molecular complexity index is 723. The molecule has 1 aromatic carbocycles. The highest BCUT2D eigenvalue weighted by Gasteiger charge is 2.18. The number of aryl methyl sites for hydroxylation is 1. The van der Waals surface area contributed by atoms with Gasteiger partial charge >= 0.3 is 0 Å². The van der Waals surface area contributed by atoms with Gasteiger partial charge in [0.05, 0.1) is 0 Å². The van der Waals surface area contributed by atoms with E-state index >= 15 is 0 Å². The van der Waals surface area contributed by atoms with Crippen LogP contribution < -0.4 is 5.32 Å². The third kappa shape index (κ3) is 3.82. The van der Waals surface area contributed by atoms with Gasteiger partial charge in [0.25, 0.3) is 0 Å². The second-order valence-electron chi connectivity index (χ2n) is 6.51. The molecule has 1 aromatic heterocycles. The molecule has 1 saturated heterocycles. The number of aliphatic hydroxyl groups excluding tert-OH is 1. The quantitative estimate of drug-likeness (QED) is 0.882. The summed E-state index contributed by atoms with van der Waals surface area (Å²) < 4.78 is 27.5. The molecule has 24 heavy (non-hydrogen) atoms. The van der Waals surface area contributed by atoms with Crippen LogP contribution >= 0.6 is 0 Å². The van der Waals surface area contributed by atoms with Gasteiger partial charge in [-0.25, -0.2) is 13.8 Å². The van der Waals surface area contributed by atoms with Gasteiger partial charge in [-0.05, 0) is 44.4 Å². The van der Waals surface area contributed by atoms with E-state index in [1.807, 2.05) is 6.07 Å². The fourth-order valence-electron chi connectivity index (χ4n) is 3.38. The predicted molar refractivity (Wildman–Crippen MR) is 91.1 cm³/mol. The number of aliphatic hydroxyl groups is 1. The minimum Gasteiger partial charge on any atom is -0.396 e. The first-order valence-electron chi connectivity index (χ1n) is 8.40. The summed E-state index contributed by atoms with van der Waals surface area (Å²) in [6.45, 7) is 5.46. The van der Waals surface area contributed by atoms with Crippen LogP contribution in [0.25, 0.3) is 10.9 Å². The molecule has 0 spiro atoms. The van der Waals surface area contributed by atoms with Crippen molar-refractivity contribution in [2.45, 2.75) is 19.8 Å². The van der Waals surface area contributed by atoms with Crippen LogP contribution in [0.5, 0.6) is 0 Å². The average Bonchev–Trinajstić information content (AvgIpc) is 2.56. The summed E-state index contributed by atoms with van der Waals surface area (Å²) in [5.74, 6) is -0.889. The van der Waals surface area contributed by atoms with Gasteiger partial charge in [0, 0.05) is 49.1 Å². The van der Waals surface area contributed by atoms with E-state index in [2.05, 4.69) is 15.2 Å². The maximum Gasteiger partial charge on any atom is 0.152 e. The first kappa shape index (κ1) is 17.0. The summed E-state index contributed by atoms with van der Waals surface area (Å²) >= 11 is 0. The van der Waals surface area contributed by atoms with Crippen LogP contribution in [-0.4, -0.2) is 47.8 Å². The third-order valence-electron chi connectivity index (χ3n) is 4.56. The second kappa shape index (κ2) is 7.40. The fourth-order valence-corrected chi connectivity index (χ4v) is 3.38. The molecule has 1 fully saturated rings. The van der Waals surface area contributed by atoms with Gasteiger partial charge in [-0.1, -0.05) is 0 Å². The van der Waals surface area contributed by atoms with E-state index in [4.69, 9.17) is 0 Å². The Balaban J connectivity index is 1.71. The first-order chi connectivity index (χ1) is 11.6. The number of hydrogen-bond acceptors (Lipinski definition) is 4. The molecule has 1 atom stereocenters. The smallest absolute Gasteiger partial charge is 0.152 e. The summed E-state index contributed by atoms with van der Waals surface area (Å²) in [6, 6.07) is 3.99. The van der Waals surface area contributed by atoms with E-state index in [1.165, 1.54) is 6.07 Å². The molecule has 1 aliphatic rings. The van der Waals surface area contributed by atoms with E-state index in [0.717, 1.165) is 38.5 Å². The van der Waals surface area contributed by atoms with E-state index in [-0.39, 0.29) is 12.1 Å². The number of fused-ring (bicyclic) bond motifs is 1. The lowest BCUT2D eigenvalue weighted by Crippen LogP contribution is -2.39. The molecule has 0 amide bonds. The molecule has 2 heterocycles. The van der Waals surface area contributed by atoms with E-state index in [0.29, 0.717) is 29.2 Å². The Morgan fingerprint density at radius 1 is 1.33 bits per heavy atom. The van der Waals surface area contributed by atoms with Crippen molar-refractivity contribution in [3.8, 4) is 0 Å². The first-order valence-corrected chi connectivity index (χ1v) is 8.40. The van der Waals surface area contributed by atoms with Crippen molar-refractivity contribution in [3.63, 3.8) is 0 Å². The summed E-state index contributed by atoms with van der Waals surface area (Å²) in [6.07, 6.45) is 2.17. The van der Waals surface area contributed by atoms with Crippen LogP contribution in [0.2, 0.25) is 0 Å². The molecule has 0 radical (unpaired) electrons. The molecular weight excluding hydrogens is 312 g/mol. The number of aromatic nitrogens is 1. The Morgan fingerprint density at radius 2 is 2.17 bits per heavy atom. The average molecular weight is 335 g/mol. The second-order valence-corrected chi connectivity index (χ2v) is 6.51. The molecular formula is C18H23F2N3O. The SMILES string of the molecule is Cc1cc(NCCN2CCCC(CO)C2)c2cc(F)cc(F)c2n1. The van der Waals surface area contributed by atoms with E-state index in [9.17, 15) is 13.9 Å². The van der Waals surface area contributed by atoms with Gasteiger partial charge < -0.3 is 15.3 Å². The van der Waals surface area contributed by atoms with Crippen molar-refractivity contribution in [3.05, 3.63) is 35.5 Å². The van der Waals surface area contributed by atoms with Gasteiger partial charge in [0.2, 0.25) is 0 Å². The standard InChI is InChI=1S/C18H23F2N3O/c1-12-7-17(15-8-14(19)9-16(20)18(15)22-12)21-4-6-23-5-2-3-13(10-23)11-24/h7-9,13,24H,2-6,10-11H2,1H3,(H,21,22). The number of nitrogens with zero attached hydrogens (tertiary/aromatic N) is 2. The Labute approximate surface area is 140 Å². The minimum absolute atomic E-state index is 0.192. The maximum absolute atomic E-state index is 13.9. The van der Waals surface area contributed by atoms with Crippen molar-refractivity contribution < 1.29 is 13.9 Å². The van der Waals surface area contributed by atoms with Gasteiger partial charge in [0.15, 0.2) is 5.82 Å². The number of pyridine rings is 1. The highest BCUT2D eigenvalue weighted by molar-refractivity contribution is 5.91. The number of anilines is 1. The molecule has 0 saturated carbocycles. The number of hydrogen-bond donors (Lipinski definition) is 2. The van der Waals surface area contributed by atoms with Crippen molar-refractivity contribution in [2.24, 2.45) is 5.92 Å². The van der Waals surface area contributed by atoms with Crippen molar-refractivity contribution in [2.75, 3.05) is 38.1 Å². The zero-order valence-electron chi connectivity index (χ0n) is 13.9. The van der Waals surface area contributed by atoms with Gasteiger partial charge in [-0.15, -0.1) is 0 Å². The largest absolute Gasteiger partial charge is 0.396 e. The van der Waals surface area contributed by atoms with Gasteiger partial charge in [0.1, 0.15) is 11.3 Å². The molecule has 2 N–H and O–H groups in total. The molecule has 1 aliphatic heterocycles. The predicted octanol–water partition coefficient (Wildman–Crippen LogP) is 2.94. The normalized spacial score (nSPS) is 18.9. The van der Waals surface area contributed by atoms with E-state index < -0.39 is 11.6 Å². The molecule has 0 bridgehead atoms. The number of rotatable bonds is 5. The Morgan fingerprint density at radius 3 is 2.96 bits per heavy atom. The zero-order chi connectivity index (χ0) is 17.1. The van der Waals surface area contributed by atoms with Gasteiger partial charge in [-0.3, -0.25) is 0 Å². The van der Waals surface area contributed by atoms with Crippen LogP contribution in [0, 0.1) is 24.5 Å². The van der Waals surface area contributed by atoms with Crippen molar-refractivity contribution in [1.29, 1.82) is 0 Å². The van der Waals surface area contributed by atoms with Crippen molar-refractivity contribution >= 4 is 16.6 Å². The number of nitrogens with one attached hydrogen (secondary N) is 1. The van der Waals surface area contributed by atoms with Crippen LogP contribution in [-0.2, 0) is 0 Å². The van der Waals surface area contributed by atoms with Gasteiger partial charge in [-0.2, -0.15) is 0 Å². The van der Waals surface area contributed by atoms with Crippen LogP contribution in [0.1, 0.15) is 18.5 Å².